The van der Waals surface area contributed by atoms with E-state index in [1.165, 1.54) is 11.1 Å². The number of hydrogen-bond donors (Lipinski definition) is 1. The van der Waals surface area contributed by atoms with Crippen molar-refractivity contribution in [1.82, 2.24) is 0 Å². The molecular formula is C24H28O4. The number of fused-ring (bicyclic) bond motifs is 1. The third-order valence-electron chi connectivity index (χ3n) is 5.60. The summed E-state index contributed by atoms with van der Waals surface area (Å²) in [7, 11) is 0. The highest BCUT2D eigenvalue weighted by Crippen LogP contribution is 2.48. The van der Waals surface area contributed by atoms with E-state index in [9.17, 15) is 9.90 Å². The molecule has 148 valence electrons. The van der Waals surface area contributed by atoms with Gasteiger partial charge in [-0.15, -0.1) is 0 Å². The predicted molar refractivity (Wildman–Crippen MR) is 109 cm³/mol. The largest absolute Gasteiger partial charge is 0.493 e. The highest BCUT2D eigenvalue weighted by atomic mass is 16.5. The summed E-state index contributed by atoms with van der Waals surface area (Å²) < 4.78 is 11.7. The van der Waals surface area contributed by atoms with Crippen molar-refractivity contribution < 1.29 is 19.4 Å². The van der Waals surface area contributed by atoms with Gasteiger partial charge in [0.05, 0.1) is 12.7 Å². The summed E-state index contributed by atoms with van der Waals surface area (Å²) in [6.07, 6.45) is 3.18. The van der Waals surface area contributed by atoms with Crippen LogP contribution in [0.1, 0.15) is 67.4 Å². The van der Waals surface area contributed by atoms with E-state index in [0.717, 1.165) is 60.3 Å². The maximum Gasteiger partial charge on any atom is 0.337 e. The monoisotopic (exact) mass is 380 g/mol. The van der Waals surface area contributed by atoms with E-state index in [-0.39, 0.29) is 6.10 Å². The SMILES string of the molecule is Cc1ccc(C2CC2)c(-c2ccc3c(c2)CCCO3)c1C(OC(C)C)C(=O)O. The first-order valence-corrected chi connectivity index (χ1v) is 10.2. The summed E-state index contributed by atoms with van der Waals surface area (Å²) in [4.78, 5) is 12.2. The number of hydrogen-bond acceptors (Lipinski definition) is 3. The molecule has 0 aromatic heterocycles. The van der Waals surface area contributed by atoms with Crippen LogP contribution in [-0.4, -0.2) is 23.8 Å². The van der Waals surface area contributed by atoms with Crippen LogP contribution in [0.4, 0.5) is 0 Å². The molecule has 4 rings (SSSR count). The normalized spacial score (nSPS) is 17.1. The number of aryl methyl sites for hydroxylation is 2. The van der Waals surface area contributed by atoms with Crippen molar-refractivity contribution in [3.63, 3.8) is 0 Å². The Balaban J connectivity index is 1.91. The molecule has 0 bridgehead atoms. The summed E-state index contributed by atoms with van der Waals surface area (Å²) in [6.45, 7) is 6.51. The number of carbonyl (C=O) groups is 1. The van der Waals surface area contributed by atoms with Gasteiger partial charge in [0.2, 0.25) is 0 Å². The Labute approximate surface area is 166 Å². The summed E-state index contributed by atoms with van der Waals surface area (Å²) in [5.41, 5.74) is 6.32. The molecule has 0 radical (unpaired) electrons. The van der Waals surface area contributed by atoms with Gasteiger partial charge in [0.1, 0.15) is 5.75 Å². The lowest BCUT2D eigenvalue weighted by Gasteiger charge is -2.25. The second-order valence-electron chi connectivity index (χ2n) is 8.21. The van der Waals surface area contributed by atoms with Crippen LogP contribution in [0.2, 0.25) is 0 Å². The third kappa shape index (κ3) is 3.66. The van der Waals surface area contributed by atoms with Crippen LogP contribution in [-0.2, 0) is 16.0 Å². The molecule has 1 fully saturated rings. The fraction of sp³-hybridized carbons (Fsp3) is 0.458. The van der Waals surface area contributed by atoms with Gasteiger partial charge in [-0.1, -0.05) is 18.2 Å². The third-order valence-corrected chi connectivity index (χ3v) is 5.60. The lowest BCUT2D eigenvalue weighted by molar-refractivity contribution is -0.153. The van der Waals surface area contributed by atoms with Crippen molar-refractivity contribution in [3.05, 3.63) is 52.6 Å². The number of ether oxygens (including phenoxy) is 2. The van der Waals surface area contributed by atoms with Gasteiger partial charge in [-0.05, 0) is 92.3 Å². The fourth-order valence-electron chi connectivity index (χ4n) is 4.17. The molecule has 1 unspecified atom stereocenters. The molecule has 1 atom stereocenters. The van der Waals surface area contributed by atoms with Gasteiger partial charge in [0, 0.05) is 5.56 Å². The van der Waals surface area contributed by atoms with Crippen molar-refractivity contribution in [2.24, 2.45) is 0 Å². The molecule has 4 nitrogen and oxygen atoms in total. The van der Waals surface area contributed by atoms with Crippen LogP contribution in [0.3, 0.4) is 0 Å². The van der Waals surface area contributed by atoms with Crippen molar-refractivity contribution in [2.75, 3.05) is 6.61 Å². The molecule has 0 amide bonds. The minimum atomic E-state index is -0.971. The zero-order chi connectivity index (χ0) is 19.8. The maximum absolute atomic E-state index is 12.2. The van der Waals surface area contributed by atoms with E-state index < -0.39 is 12.1 Å². The second-order valence-corrected chi connectivity index (χ2v) is 8.21. The van der Waals surface area contributed by atoms with Gasteiger partial charge >= 0.3 is 5.97 Å². The van der Waals surface area contributed by atoms with E-state index in [1.54, 1.807) is 0 Å². The average Bonchev–Trinajstić information content (AvgIpc) is 3.50. The van der Waals surface area contributed by atoms with Gasteiger partial charge in [-0.2, -0.15) is 0 Å². The van der Waals surface area contributed by atoms with Gasteiger partial charge in [-0.3, -0.25) is 0 Å². The zero-order valence-electron chi connectivity index (χ0n) is 16.8. The summed E-state index contributed by atoms with van der Waals surface area (Å²) >= 11 is 0. The number of aliphatic carboxylic acids is 1. The van der Waals surface area contributed by atoms with Crippen molar-refractivity contribution in [1.29, 1.82) is 0 Å². The van der Waals surface area contributed by atoms with E-state index in [2.05, 4.69) is 18.2 Å². The standard InChI is InChI=1S/C24H28O4/c1-14(2)28-23(24(25)26)21-15(3)6-10-19(16-7-8-16)22(21)18-9-11-20-17(13-18)5-4-12-27-20/h6,9-11,13-14,16,23H,4-5,7-8,12H2,1-3H3,(H,25,26). The number of rotatable bonds is 6. The van der Waals surface area contributed by atoms with Gasteiger partial charge < -0.3 is 14.6 Å². The van der Waals surface area contributed by atoms with Crippen molar-refractivity contribution >= 4 is 5.97 Å². The predicted octanol–water partition coefficient (Wildman–Crippen LogP) is 5.42. The van der Waals surface area contributed by atoms with E-state index in [1.807, 2.05) is 32.9 Å². The van der Waals surface area contributed by atoms with Crippen molar-refractivity contribution in [3.8, 4) is 16.9 Å². The van der Waals surface area contributed by atoms with E-state index >= 15 is 0 Å². The molecule has 4 heteroatoms. The molecule has 1 aliphatic carbocycles. The molecule has 2 aromatic rings. The highest BCUT2D eigenvalue weighted by molar-refractivity contribution is 5.83. The second kappa shape index (κ2) is 7.59. The average molecular weight is 380 g/mol. The molecule has 1 heterocycles. The molecule has 1 aliphatic heterocycles. The first-order chi connectivity index (χ1) is 13.5. The Morgan fingerprint density at radius 1 is 1.21 bits per heavy atom. The van der Waals surface area contributed by atoms with Crippen LogP contribution in [0, 0.1) is 6.92 Å². The van der Waals surface area contributed by atoms with Gasteiger partial charge in [0.25, 0.3) is 0 Å². The van der Waals surface area contributed by atoms with E-state index in [4.69, 9.17) is 9.47 Å². The van der Waals surface area contributed by atoms with Crippen molar-refractivity contribution in [2.45, 2.75) is 64.6 Å². The number of carboxylic acids is 1. The summed E-state index contributed by atoms with van der Waals surface area (Å²) in [6, 6.07) is 10.5. The molecule has 0 spiro atoms. The molecule has 28 heavy (non-hydrogen) atoms. The van der Waals surface area contributed by atoms with Crippen LogP contribution in [0.25, 0.3) is 11.1 Å². The molecule has 1 N–H and O–H groups in total. The number of carboxylic acid groups (broad SMARTS) is 1. The maximum atomic E-state index is 12.2. The minimum absolute atomic E-state index is 0.171. The smallest absolute Gasteiger partial charge is 0.337 e. The lowest BCUT2D eigenvalue weighted by Crippen LogP contribution is -2.21. The highest BCUT2D eigenvalue weighted by Gasteiger charge is 2.33. The first-order valence-electron chi connectivity index (χ1n) is 10.2. The Bertz CT molecular complexity index is 896. The molecule has 1 saturated carbocycles. The molecular weight excluding hydrogens is 352 g/mol. The Hall–Kier alpha value is -2.33. The molecule has 2 aliphatic rings. The topological polar surface area (TPSA) is 55.8 Å². The molecule has 2 aromatic carbocycles. The quantitative estimate of drug-likeness (QED) is 0.727. The Morgan fingerprint density at radius 2 is 2.00 bits per heavy atom. The van der Waals surface area contributed by atoms with Crippen LogP contribution in [0.15, 0.2) is 30.3 Å². The summed E-state index contributed by atoms with van der Waals surface area (Å²) in [5, 5.41) is 9.96. The zero-order valence-corrected chi connectivity index (χ0v) is 16.8. The van der Waals surface area contributed by atoms with E-state index in [0.29, 0.717) is 5.92 Å². The van der Waals surface area contributed by atoms with Crippen LogP contribution >= 0.6 is 0 Å². The number of benzene rings is 2. The minimum Gasteiger partial charge on any atom is -0.493 e. The molecule has 0 saturated heterocycles. The van der Waals surface area contributed by atoms with Gasteiger partial charge in [0.15, 0.2) is 6.10 Å². The van der Waals surface area contributed by atoms with Crippen LogP contribution < -0.4 is 4.74 Å². The Morgan fingerprint density at radius 3 is 2.68 bits per heavy atom. The fourth-order valence-corrected chi connectivity index (χ4v) is 4.17. The first kappa shape index (κ1) is 19.0. The van der Waals surface area contributed by atoms with Gasteiger partial charge in [-0.25, -0.2) is 4.79 Å². The lowest BCUT2D eigenvalue weighted by atomic mass is 9.85. The summed E-state index contributed by atoms with van der Waals surface area (Å²) in [5.74, 6) is 0.521. The van der Waals surface area contributed by atoms with Crippen LogP contribution in [0.5, 0.6) is 5.75 Å². The Kier molecular flexibility index (Phi) is 5.15.